The zero-order chi connectivity index (χ0) is 20.2. The van der Waals surface area contributed by atoms with Gasteiger partial charge in [-0.25, -0.2) is 4.68 Å². The first-order valence-electron chi connectivity index (χ1n) is 9.36. The molecule has 0 aliphatic carbocycles. The highest BCUT2D eigenvalue weighted by molar-refractivity contribution is 6.32. The number of aryl methyl sites for hydroxylation is 1. The van der Waals surface area contributed by atoms with Crippen LogP contribution in [0, 0.1) is 6.92 Å². The number of halogens is 1. The number of aromatic nitrogens is 2. The van der Waals surface area contributed by atoms with E-state index in [1.807, 2.05) is 67.6 Å². The number of para-hydroxylation sites is 1. The molecule has 0 aliphatic rings. The highest BCUT2D eigenvalue weighted by atomic mass is 35.5. The Hall–Kier alpha value is -3.31. The first-order chi connectivity index (χ1) is 14.1. The van der Waals surface area contributed by atoms with E-state index >= 15 is 0 Å². The van der Waals surface area contributed by atoms with E-state index in [9.17, 15) is 4.79 Å². The van der Waals surface area contributed by atoms with Crippen molar-refractivity contribution in [2.24, 2.45) is 0 Å². The summed E-state index contributed by atoms with van der Waals surface area (Å²) in [6, 6.07) is 22.7. The van der Waals surface area contributed by atoms with Crippen LogP contribution in [0.4, 0.5) is 0 Å². The van der Waals surface area contributed by atoms with Crippen molar-refractivity contribution in [1.29, 1.82) is 0 Å². The van der Waals surface area contributed by atoms with E-state index in [0.717, 1.165) is 12.2 Å². The molecule has 146 valence electrons. The van der Waals surface area contributed by atoms with Crippen molar-refractivity contribution in [3.8, 4) is 17.1 Å². The van der Waals surface area contributed by atoms with Gasteiger partial charge >= 0.3 is 0 Å². The summed E-state index contributed by atoms with van der Waals surface area (Å²) in [4.78, 5) is 12.9. The Labute approximate surface area is 173 Å². The zero-order valence-electron chi connectivity index (χ0n) is 15.9. The van der Waals surface area contributed by atoms with Crippen molar-refractivity contribution >= 4 is 17.5 Å². The molecule has 1 N–H and O–H groups in total. The Kier molecular flexibility index (Phi) is 5.49. The van der Waals surface area contributed by atoms with Gasteiger partial charge in [-0.15, -0.1) is 0 Å². The van der Waals surface area contributed by atoms with Crippen LogP contribution in [-0.2, 0) is 6.42 Å². The van der Waals surface area contributed by atoms with Crippen LogP contribution in [0.5, 0.6) is 0 Å². The van der Waals surface area contributed by atoms with Gasteiger partial charge in [-0.05, 0) is 43.2 Å². The molecule has 6 heteroatoms. The number of furan rings is 1. The molecule has 2 aromatic carbocycles. The normalized spacial score (nSPS) is 10.8. The summed E-state index contributed by atoms with van der Waals surface area (Å²) in [5, 5.41) is 8.07. The minimum absolute atomic E-state index is 0.220. The third-order valence-electron chi connectivity index (χ3n) is 4.56. The fourth-order valence-corrected chi connectivity index (χ4v) is 3.31. The first-order valence-corrected chi connectivity index (χ1v) is 9.73. The molecule has 0 fully saturated rings. The number of benzene rings is 2. The molecule has 4 aromatic rings. The molecule has 0 saturated heterocycles. The summed E-state index contributed by atoms with van der Waals surface area (Å²) in [5.41, 5.74) is 2.78. The molecule has 0 bridgehead atoms. The van der Waals surface area contributed by atoms with Crippen molar-refractivity contribution < 1.29 is 9.21 Å². The predicted octanol–water partition coefficient (Wildman–Crippen LogP) is 5.07. The van der Waals surface area contributed by atoms with Gasteiger partial charge in [0.15, 0.2) is 5.76 Å². The number of hydrogen-bond acceptors (Lipinski definition) is 3. The van der Waals surface area contributed by atoms with Crippen LogP contribution in [0.3, 0.4) is 0 Å². The van der Waals surface area contributed by atoms with Gasteiger partial charge in [0.25, 0.3) is 5.91 Å². The number of carbonyl (C=O) groups excluding carboxylic acids is 1. The molecule has 2 heterocycles. The van der Waals surface area contributed by atoms with Crippen molar-refractivity contribution in [1.82, 2.24) is 15.1 Å². The van der Waals surface area contributed by atoms with Crippen LogP contribution < -0.4 is 5.32 Å². The summed E-state index contributed by atoms with van der Waals surface area (Å²) in [6.07, 6.45) is 0.747. The Balaban J connectivity index is 1.62. The second kappa shape index (κ2) is 8.37. The lowest BCUT2D eigenvalue weighted by Gasteiger charge is -2.09. The monoisotopic (exact) mass is 405 g/mol. The molecule has 4 rings (SSSR count). The summed E-state index contributed by atoms with van der Waals surface area (Å²) in [5.74, 6) is 1.16. The molecule has 0 spiro atoms. The molecule has 5 nitrogen and oxygen atoms in total. The third-order valence-corrected chi connectivity index (χ3v) is 4.88. The number of rotatable bonds is 6. The number of nitrogens with zero attached hydrogens (tertiary/aromatic N) is 2. The van der Waals surface area contributed by atoms with Crippen molar-refractivity contribution in [2.45, 2.75) is 13.3 Å². The van der Waals surface area contributed by atoms with Crippen molar-refractivity contribution in [2.75, 3.05) is 6.54 Å². The standard InChI is InChI=1S/C23H20ClN3O2/c1-16-11-12-22(29-16)19-15-21(27(26-19)20-10-6-5-9-18(20)24)23(28)25-14-13-17-7-3-2-4-8-17/h2-12,15H,13-14H2,1H3,(H,25,28). The van der Waals surface area contributed by atoms with Gasteiger partial charge in [0.05, 0.1) is 10.7 Å². The molecule has 0 radical (unpaired) electrons. The van der Waals surface area contributed by atoms with E-state index < -0.39 is 0 Å². The first kappa shape index (κ1) is 19.0. The van der Waals surface area contributed by atoms with Crippen molar-refractivity contribution in [3.05, 3.63) is 94.8 Å². The summed E-state index contributed by atoms with van der Waals surface area (Å²) in [6.45, 7) is 2.39. The van der Waals surface area contributed by atoms with Crippen LogP contribution in [0.15, 0.2) is 77.2 Å². The maximum Gasteiger partial charge on any atom is 0.270 e. The van der Waals surface area contributed by atoms with Crippen LogP contribution >= 0.6 is 11.6 Å². The number of nitrogens with one attached hydrogen (secondary N) is 1. The van der Waals surface area contributed by atoms with Crippen LogP contribution in [0.2, 0.25) is 5.02 Å². The van der Waals surface area contributed by atoms with E-state index in [4.69, 9.17) is 16.0 Å². The van der Waals surface area contributed by atoms with Gasteiger partial charge < -0.3 is 9.73 Å². The maximum atomic E-state index is 12.9. The van der Waals surface area contributed by atoms with Gasteiger partial charge in [0, 0.05) is 12.6 Å². The van der Waals surface area contributed by atoms with E-state index in [2.05, 4.69) is 10.4 Å². The minimum Gasteiger partial charge on any atom is -0.460 e. The molecule has 0 saturated carbocycles. The van der Waals surface area contributed by atoms with E-state index in [-0.39, 0.29) is 5.91 Å². The quantitative estimate of drug-likeness (QED) is 0.487. The molecule has 1 amide bonds. The van der Waals surface area contributed by atoms with Crippen LogP contribution in [-0.4, -0.2) is 22.2 Å². The summed E-state index contributed by atoms with van der Waals surface area (Å²) >= 11 is 6.36. The van der Waals surface area contributed by atoms with Gasteiger partial charge in [-0.3, -0.25) is 4.79 Å². The second-order valence-electron chi connectivity index (χ2n) is 6.68. The Morgan fingerprint density at radius 1 is 1.07 bits per heavy atom. The highest BCUT2D eigenvalue weighted by Crippen LogP contribution is 2.26. The van der Waals surface area contributed by atoms with Gasteiger partial charge in [-0.2, -0.15) is 5.10 Å². The second-order valence-corrected chi connectivity index (χ2v) is 7.09. The molecule has 2 aromatic heterocycles. The predicted molar refractivity (Wildman–Crippen MR) is 113 cm³/mol. The third kappa shape index (κ3) is 4.25. The van der Waals surface area contributed by atoms with Gasteiger partial charge in [0.2, 0.25) is 0 Å². The van der Waals surface area contributed by atoms with E-state index in [1.54, 1.807) is 16.8 Å². The Morgan fingerprint density at radius 2 is 1.83 bits per heavy atom. The zero-order valence-corrected chi connectivity index (χ0v) is 16.7. The maximum absolute atomic E-state index is 12.9. The van der Waals surface area contributed by atoms with E-state index in [1.165, 1.54) is 5.56 Å². The molecule has 0 aliphatic heterocycles. The lowest BCUT2D eigenvalue weighted by atomic mass is 10.1. The van der Waals surface area contributed by atoms with Crippen LogP contribution in [0.25, 0.3) is 17.1 Å². The largest absolute Gasteiger partial charge is 0.460 e. The topological polar surface area (TPSA) is 60.1 Å². The highest BCUT2D eigenvalue weighted by Gasteiger charge is 2.20. The lowest BCUT2D eigenvalue weighted by molar-refractivity contribution is 0.0946. The molecule has 0 atom stereocenters. The van der Waals surface area contributed by atoms with Crippen LogP contribution in [0.1, 0.15) is 21.8 Å². The fraction of sp³-hybridized carbons (Fsp3) is 0.130. The molecule has 29 heavy (non-hydrogen) atoms. The molecular weight excluding hydrogens is 386 g/mol. The van der Waals surface area contributed by atoms with Gasteiger partial charge in [-0.1, -0.05) is 54.1 Å². The average Bonchev–Trinajstić information content (AvgIpc) is 3.36. The lowest BCUT2D eigenvalue weighted by Crippen LogP contribution is -2.27. The smallest absolute Gasteiger partial charge is 0.270 e. The molecule has 0 unspecified atom stereocenters. The van der Waals surface area contributed by atoms with Gasteiger partial charge in [0.1, 0.15) is 17.1 Å². The molecular formula is C23H20ClN3O2. The number of carbonyl (C=O) groups is 1. The average molecular weight is 406 g/mol. The minimum atomic E-state index is -0.220. The fourth-order valence-electron chi connectivity index (χ4n) is 3.10. The summed E-state index contributed by atoms with van der Waals surface area (Å²) < 4.78 is 7.25. The van der Waals surface area contributed by atoms with Crippen molar-refractivity contribution in [3.63, 3.8) is 0 Å². The number of amides is 1. The van der Waals surface area contributed by atoms with E-state index in [0.29, 0.717) is 34.4 Å². The summed E-state index contributed by atoms with van der Waals surface area (Å²) in [7, 11) is 0. The SMILES string of the molecule is Cc1ccc(-c2cc(C(=O)NCCc3ccccc3)n(-c3ccccc3Cl)n2)o1. The number of hydrogen-bond donors (Lipinski definition) is 1. The Morgan fingerprint density at radius 3 is 2.55 bits per heavy atom. The Bertz CT molecular complexity index is 1130.